The van der Waals surface area contributed by atoms with Crippen molar-refractivity contribution in [2.45, 2.75) is 84.6 Å². The maximum atomic E-state index is 3.96. The number of anilines is 1. The summed E-state index contributed by atoms with van der Waals surface area (Å²) in [5, 5.41) is 6.66. The Morgan fingerprint density at radius 3 is 2.14 bits per heavy atom. The molecule has 0 aromatic heterocycles. The van der Waals surface area contributed by atoms with Gasteiger partial charge in [-0.25, -0.2) is 0 Å². The molecule has 0 saturated heterocycles. The Bertz CT molecular complexity index is 1730. The average Bonchev–Trinajstić information content (AvgIpc) is 3.25. The molecule has 1 heteroatoms. The third-order valence-electron chi connectivity index (χ3n) is 9.93. The van der Waals surface area contributed by atoms with Crippen molar-refractivity contribution in [3.05, 3.63) is 125 Å². The lowest BCUT2D eigenvalue weighted by Crippen LogP contribution is -2.34. The van der Waals surface area contributed by atoms with Gasteiger partial charge in [-0.1, -0.05) is 125 Å². The molecule has 5 aromatic carbocycles. The number of fused-ring (bicyclic) bond motifs is 5. The molecule has 1 aliphatic rings. The summed E-state index contributed by atoms with van der Waals surface area (Å²) in [6.07, 6.45) is 5.63. The van der Waals surface area contributed by atoms with Crippen LogP contribution in [-0.2, 0) is 17.4 Å². The highest BCUT2D eigenvalue weighted by Crippen LogP contribution is 2.54. The summed E-state index contributed by atoms with van der Waals surface area (Å²) in [6.45, 7) is 13.9. The Labute approximate surface area is 253 Å². The Morgan fingerprint density at radius 2 is 1.43 bits per heavy atom. The first-order valence-corrected chi connectivity index (χ1v) is 16.0. The molecule has 6 rings (SSSR count). The molecule has 42 heavy (non-hydrogen) atoms. The van der Waals surface area contributed by atoms with E-state index in [1.807, 2.05) is 0 Å². The van der Waals surface area contributed by atoms with E-state index in [0.29, 0.717) is 0 Å². The Balaban J connectivity index is 1.49. The molecule has 1 nitrogen and oxygen atoms in total. The third kappa shape index (κ3) is 4.74. The van der Waals surface area contributed by atoms with Gasteiger partial charge in [0.05, 0.1) is 5.54 Å². The van der Waals surface area contributed by atoms with Crippen LogP contribution >= 0.6 is 0 Å². The minimum absolute atomic E-state index is 0.101. The van der Waals surface area contributed by atoms with Gasteiger partial charge in [-0.2, -0.15) is 0 Å². The van der Waals surface area contributed by atoms with Crippen LogP contribution in [0, 0.1) is 6.92 Å². The van der Waals surface area contributed by atoms with Crippen LogP contribution in [0.3, 0.4) is 0 Å². The summed E-state index contributed by atoms with van der Waals surface area (Å²) in [5.41, 5.74) is 13.4. The molecule has 0 fully saturated rings. The molecule has 214 valence electrons. The molecule has 0 radical (unpaired) electrons. The quantitative estimate of drug-likeness (QED) is 0.192. The fourth-order valence-electron chi connectivity index (χ4n) is 7.22. The molecule has 0 unspecified atom stereocenters. The van der Waals surface area contributed by atoms with Crippen molar-refractivity contribution in [1.82, 2.24) is 0 Å². The van der Waals surface area contributed by atoms with Gasteiger partial charge in [0, 0.05) is 11.1 Å². The van der Waals surface area contributed by atoms with Crippen molar-refractivity contribution < 1.29 is 0 Å². The Kier molecular flexibility index (Phi) is 7.48. The highest BCUT2D eigenvalue weighted by Gasteiger charge is 2.39. The zero-order valence-corrected chi connectivity index (χ0v) is 26.3. The molecule has 0 amide bonds. The maximum Gasteiger partial charge on any atom is 0.0620 e. The van der Waals surface area contributed by atoms with E-state index in [0.717, 1.165) is 19.3 Å². The van der Waals surface area contributed by atoms with Crippen LogP contribution in [0.2, 0.25) is 0 Å². The predicted octanol–water partition coefficient (Wildman–Crippen LogP) is 11.6. The first-order chi connectivity index (χ1) is 20.3. The van der Waals surface area contributed by atoms with E-state index in [1.54, 1.807) is 0 Å². The van der Waals surface area contributed by atoms with Gasteiger partial charge in [0.15, 0.2) is 0 Å². The molecule has 0 bridgehead atoms. The third-order valence-corrected chi connectivity index (χ3v) is 9.93. The zero-order chi connectivity index (χ0) is 29.5. The smallest absolute Gasteiger partial charge is 0.0620 e. The maximum absolute atomic E-state index is 3.96. The number of hydrogen-bond acceptors (Lipinski definition) is 1. The molecule has 1 aliphatic carbocycles. The Morgan fingerprint density at radius 1 is 0.690 bits per heavy atom. The lowest BCUT2D eigenvalue weighted by molar-refractivity contribution is 0.453. The second-order valence-corrected chi connectivity index (χ2v) is 12.9. The van der Waals surface area contributed by atoms with Crippen LogP contribution in [0.4, 0.5) is 5.69 Å². The lowest BCUT2D eigenvalue weighted by Gasteiger charge is -2.36. The van der Waals surface area contributed by atoms with E-state index in [-0.39, 0.29) is 11.0 Å². The van der Waals surface area contributed by atoms with E-state index in [4.69, 9.17) is 0 Å². The largest absolute Gasteiger partial charge is 0.376 e. The van der Waals surface area contributed by atoms with Crippen molar-refractivity contribution in [2.75, 3.05) is 5.32 Å². The standard InChI is InChI=1S/C41H45N/c1-7-10-14-29-15-13-16-30(25-29)36-27-38-39(34-18-12-11-17-33(34)36)35-24-21-31(26-37(35)40(38,5)6)41(8-2,9-3)42-32-22-19-28(4)20-23-32/h11-13,15-27,42H,7-10,14H2,1-6H3. The van der Waals surface area contributed by atoms with Crippen LogP contribution in [-0.4, -0.2) is 0 Å². The van der Waals surface area contributed by atoms with E-state index < -0.39 is 0 Å². The fourth-order valence-corrected chi connectivity index (χ4v) is 7.22. The van der Waals surface area contributed by atoms with Crippen molar-refractivity contribution >= 4 is 16.5 Å². The number of hydrogen-bond donors (Lipinski definition) is 1. The topological polar surface area (TPSA) is 12.0 Å². The van der Waals surface area contributed by atoms with E-state index in [2.05, 4.69) is 144 Å². The van der Waals surface area contributed by atoms with Gasteiger partial charge < -0.3 is 5.32 Å². The molecule has 0 saturated carbocycles. The summed E-state index contributed by atoms with van der Waals surface area (Å²) in [5.74, 6) is 0. The van der Waals surface area contributed by atoms with E-state index >= 15 is 0 Å². The van der Waals surface area contributed by atoms with Crippen LogP contribution in [0.25, 0.3) is 33.0 Å². The summed E-state index contributed by atoms with van der Waals surface area (Å²) in [4.78, 5) is 0. The monoisotopic (exact) mass is 551 g/mol. The first kappa shape index (κ1) is 28.3. The highest BCUT2D eigenvalue weighted by molar-refractivity contribution is 6.09. The molecule has 0 aliphatic heterocycles. The molecule has 5 aromatic rings. The summed E-state index contributed by atoms with van der Waals surface area (Å²) in [7, 11) is 0. The van der Waals surface area contributed by atoms with Crippen LogP contribution in [0.15, 0.2) is 97.1 Å². The minimum Gasteiger partial charge on any atom is -0.376 e. The summed E-state index contributed by atoms with van der Waals surface area (Å²) in [6, 6.07) is 36.9. The first-order valence-electron chi connectivity index (χ1n) is 16.0. The van der Waals surface area contributed by atoms with Gasteiger partial charge in [-0.15, -0.1) is 0 Å². The second-order valence-electron chi connectivity index (χ2n) is 12.9. The van der Waals surface area contributed by atoms with Crippen molar-refractivity contribution in [3.8, 4) is 22.3 Å². The number of nitrogens with one attached hydrogen (secondary N) is 1. The van der Waals surface area contributed by atoms with Crippen LogP contribution in [0.5, 0.6) is 0 Å². The van der Waals surface area contributed by atoms with Gasteiger partial charge >= 0.3 is 0 Å². The highest BCUT2D eigenvalue weighted by atomic mass is 15.0. The summed E-state index contributed by atoms with van der Waals surface area (Å²) >= 11 is 0. The van der Waals surface area contributed by atoms with Crippen molar-refractivity contribution in [2.24, 2.45) is 0 Å². The van der Waals surface area contributed by atoms with Gasteiger partial charge in [-0.05, 0) is 106 Å². The van der Waals surface area contributed by atoms with Gasteiger partial charge in [0.1, 0.15) is 0 Å². The normalized spacial score (nSPS) is 13.7. The lowest BCUT2D eigenvalue weighted by atomic mass is 9.77. The number of benzene rings is 5. The second kappa shape index (κ2) is 11.1. The minimum atomic E-state index is -0.124. The average molecular weight is 552 g/mol. The molecule has 0 spiro atoms. The van der Waals surface area contributed by atoms with E-state index in [9.17, 15) is 0 Å². The number of rotatable bonds is 9. The number of unbranched alkanes of at least 4 members (excludes halogenated alkanes) is 1. The van der Waals surface area contributed by atoms with Crippen LogP contribution in [0.1, 0.15) is 88.1 Å². The molecule has 0 heterocycles. The van der Waals surface area contributed by atoms with Crippen molar-refractivity contribution in [3.63, 3.8) is 0 Å². The molecular weight excluding hydrogens is 506 g/mol. The molecular formula is C41H45N. The zero-order valence-electron chi connectivity index (χ0n) is 26.3. The predicted molar refractivity (Wildman–Crippen MR) is 183 cm³/mol. The fraction of sp³-hybridized carbons (Fsp3) is 0.317. The van der Waals surface area contributed by atoms with Gasteiger partial charge in [0.2, 0.25) is 0 Å². The van der Waals surface area contributed by atoms with Crippen LogP contribution < -0.4 is 5.32 Å². The SMILES string of the molecule is CCCCc1cccc(-c2cc3c(c4ccccc24)-c2ccc(C(CC)(CC)Nc4ccc(C)cc4)cc2C3(C)C)c1. The van der Waals surface area contributed by atoms with Crippen molar-refractivity contribution in [1.29, 1.82) is 0 Å². The Hall–Kier alpha value is -3.84. The van der Waals surface area contributed by atoms with Gasteiger partial charge in [-0.3, -0.25) is 0 Å². The van der Waals surface area contributed by atoms with E-state index in [1.165, 1.54) is 79.4 Å². The number of aryl methyl sites for hydroxylation is 2. The molecule has 1 N–H and O–H groups in total. The van der Waals surface area contributed by atoms with Gasteiger partial charge in [0.25, 0.3) is 0 Å². The summed E-state index contributed by atoms with van der Waals surface area (Å²) < 4.78 is 0. The molecule has 0 atom stereocenters.